The summed E-state index contributed by atoms with van der Waals surface area (Å²) in [5.74, 6) is 2.98. The SMILES string of the molecule is C.COC(=O)N[C@H](C(=O)N1[C@@H](C)CC[C@H]1c1nc2c(ccc3cc4c(cc32)OCc2cc(-c3cnc(C5C[C@H](C)CN5C(=O)OC(C)(C)C)[nH]3)ccc2-4)[nH]1)C(C)C.COC(=O)N[C@H](C(=O)N1[C@@H](C)CC[C@H]1c1nc2c(ccc3cc4c(cc32)OCc2cc(-c3cnc(C5C[C@H](C)CN5C(=O)[C@@H](NC(=O)OC)[C@@H](C)OC)[nH]3)ccc2-4)[nH]1)C(C)C.COC(=O)N[C@H](C(=O)O)C(C)OC. The van der Waals surface area contributed by atoms with Crippen molar-refractivity contribution in [2.75, 3.05) is 55.7 Å². The molecule has 6 aromatic carbocycles. The third-order valence-corrected chi connectivity index (χ3v) is 25.5. The Hall–Kier alpha value is -13.1. The smallest absolute Gasteiger partial charge is 0.410 e. The van der Waals surface area contributed by atoms with E-state index in [-0.39, 0.29) is 85.2 Å². The number of nitrogens with zero attached hydrogens (tertiary/aromatic N) is 8. The fourth-order valence-electron chi connectivity index (χ4n) is 18.5. The zero-order valence-electron chi connectivity index (χ0n) is 76.9. The number of carbonyl (C=O) groups is 9. The molecule has 10 aromatic rings. The third-order valence-electron chi connectivity index (χ3n) is 25.5. The van der Waals surface area contributed by atoms with Gasteiger partial charge in [0.1, 0.15) is 71.7 Å². The second-order valence-corrected chi connectivity index (χ2v) is 36.4. The number of methoxy groups -OCH3 is 6. The van der Waals surface area contributed by atoms with Gasteiger partial charge in [0.2, 0.25) is 17.7 Å². The Morgan fingerprint density at radius 3 is 1.26 bits per heavy atom. The molecule has 0 bridgehead atoms. The van der Waals surface area contributed by atoms with Gasteiger partial charge in [0.15, 0.2) is 6.04 Å². The molecule has 700 valence electrons. The number of aliphatic carboxylic acids is 1. The number of H-pyrrole nitrogens is 4. The number of aromatic amines is 4. The van der Waals surface area contributed by atoms with Crippen molar-refractivity contribution in [1.29, 1.82) is 0 Å². The molecule has 4 fully saturated rings. The number of hydrogen-bond acceptors (Lipinski definition) is 22. The molecular weight excluding hydrogens is 1680 g/mol. The highest BCUT2D eigenvalue weighted by atomic mass is 16.6. The fraction of sp³-hybridized carbons (Fsp3) is 0.490. The first-order chi connectivity index (χ1) is 62.0. The van der Waals surface area contributed by atoms with Crippen molar-refractivity contribution in [2.45, 2.75) is 227 Å². The van der Waals surface area contributed by atoms with Crippen molar-refractivity contribution in [1.82, 2.24) is 80.7 Å². The maximum absolute atomic E-state index is 14.0. The Kier molecular flexibility index (Phi) is 29.0. The van der Waals surface area contributed by atoms with Crippen LogP contribution in [0.3, 0.4) is 0 Å². The second-order valence-electron chi connectivity index (χ2n) is 36.4. The lowest BCUT2D eigenvalue weighted by Gasteiger charge is -2.32. The number of hydrogen-bond donors (Lipinski definition) is 9. The zero-order chi connectivity index (χ0) is 93.3. The van der Waals surface area contributed by atoms with E-state index in [2.05, 4.69) is 133 Å². The number of fused-ring (bicyclic) bond motifs is 12. The summed E-state index contributed by atoms with van der Waals surface area (Å²) in [4.78, 5) is 154. The van der Waals surface area contributed by atoms with E-state index >= 15 is 0 Å². The van der Waals surface area contributed by atoms with Crippen LogP contribution in [0.1, 0.15) is 195 Å². The van der Waals surface area contributed by atoms with E-state index in [1.807, 2.05) is 90.4 Å². The van der Waals surface area contributed by atoms with Crippen LogP contribution in [0.25, 0.3) is 88.4 Å². The summed E-state index contributed by atoms with van der Waals surface area (Å²) < 4.78 is 47.5. The molecule has 6 aliphatic rings. The number of nitrogens with one attached hydrogen (secondary N) is 8. The minimum atomic E-state index is -1.17. The summed E-state index contributed by atoms with van der Waals surface area (Å²) in [6, 6.07) is 24.8. The quantitative estimate of drug-likeness (QED) is 0.0320. The van der Waals surface area contributed by atoms with Crippen molar-refractivity contribution < 1.29 is 90.9 Å². The number of aromatic nitrogens is 8. The molecule has 14 atom stereocenters. The lowest BCUT2D eigenvalue weighted by molar-refractivity contribution is -0.142. The van der Waals surface area contributed by atoms with Crippen LogP contribution in [0, 0.1) is 23.7 Å². The number of likely N-dealkylation sites (tertiary alicyclic amines) is 4. The van der Waals surface area contributed by atoms with Gasteiger partial charge >= 0.3 is 36.4 Å². The van der Waals surface area contributed by atoms with Crippen LogP contribution >= 0.6 is 0 Å². The summed E-state index contributed by atoms with van der Waals surface area (Å²) in [7, 11) is 7.87. The van der Waals surface area contributed by atoms with Crippen LogP contribution in [-0.4, -0.2) is 229 Å². The fourth-order valence-corrected chi connectivity index (χ4v) is 18.5. The Labute approximate surface area is 760 Å². The van der Waals surface area contributed by atoms with Gasteiger partial charge in [-0.3, -0.25) is 19.3 Å². The summed E-state index contributed by atoms with van der Waals surface area (Å²) in [6.07, 6.45) is 4.04. The van der Waals surface area contributed by atoms with Gasteiger partial charge in [-0.1, -0.05) is 85.4 Å². The van der Waals surface area contributed by atoms with E-state index in [0.717, 1.165) is 162 Å². The van der Waals surface area contributed by atoms with Crippen LogP contribution in [0.4, 0.5) is 24.0 Å². The molecule has 0 radical (unpaired) electrons. The van der Waals surface area contributed by atoms with Crippen LogP contribution in [0.15, 0.2) is 97.3 Å². The number of imidazole rings is 4. The highest BCUT2D eigenvalue weighted by Gasteiger charge is 2.46. The monoisotopic (exact) mass is 1800 g/mol. The Morgan fingerprint density at radius 1 is 0.466 bits per heavy atom. The molecule has 16 rings (SSSR count). The molecule has 10 heterocycles. The number of carboxylic acid groups (broad SMARTS) is 1. The summed E-state index contributed by atoms with van der Waals surface area (Å²) >= 11 is 0. The molecule has 0 saturated carbocycles. The number of benzene rings is 6. The van der Waals surface area contributed by atoms with Crippen LogP contribution < -0.4 is 30.7 Å². The van der Waals surface area contributed by atoms with Gasteiger partial charge < -0.3 is 104 Å². The van der Waals surface area contributed by atoms with Crippen molar-refractivity contribution in [3.8, 4) is 56.3 Å². The number of amides is 8. The van der Waals surface area contributed by atoms with Gasteiger partial charge in [0, 0.05) is 61.3 Å². The lowest BCUT2D eigenvalue weighted by atomic mass is 9.92. The van der Waals surface area contributed by atoms with Gasteiger partial charge in [-0.2, -0.15) is 0 Å². The average Bonchev–Trinajstić information content (AvgIpc) is 1.60. The molecule has 0 aliphatic carbocycles. The van der Waals surface area contributed by atoms with E-state index < -0.39 is 72.3 Å². The van der Waals surface area contributed by atoms with Gasteiger partial charge in [-0.05, 0) is 203 Å². The first kappa shape index (κ1) is 95.5. The Bertz CT molecular complexity index is 5930. The number of alkyl carbamates (subject to hydrolysis) is 4. The topological polar surface area (TPSA) is 433 Å². The normalized spacial score (nSPS) is 20.3. The molecule has 6 aliphatic heterocycles. The maximum atomic E-state index is 14.0. The third kappa shape index (κ3) is 20.0. The van der Waals surface area contributed by atoms with Gasteiger partial charge in [0.25, 0.3) is 0 Å². The number of ether oxygens (including phenoxy) is 9. The van der Waals surface area contributed by atoms with Crippen molar-refractivity contribution in [2.24, 2.45) is 23.7 Å². The highest BCUT2D eigenvalue weighted by Crippen LogP contribution is 2.48. The molecule has 4 saturated heterocycles. The van der Waals surface area contributed by atoms with E-state index in [1.165, 1.54) is 42.5 Å². The minimum Gasteiger partial charge on any atom is -0.488 e. The van der Waals surface area contributed by atoms with E-state index in [9.17, 15) is 43.2 Å². The molecular formula is C96H122N16O19. The van der Waals surface area contributed by atoms with Gasteiger partial charge in [0.05, 0.1) is 111 Å². The van der Waals surface area contributed by atoms with Crippen LogP contribution in [0.2, 0.25) is 0 Å². The van der Waals surface area contributed by atoms with Gasteiger partial charge in [-0.25, -0.2) is 48.7 Å². The first-order valence-corrected chi connectivity index (χ1v) is 44.2. The summed E-state index contributed by atoms with van der Waals surface area (Å²) in [5, 5.41) is 22.9. The summed E-state index contributed by atoms with van der Waals surface area (Å²) in [6.45, 7) is 26.8. The van der Waals surface area contributed by atoms with Crippen LogP contribution in [-0.2, 0) is 65.5 Å². The van der Waals surface area contributed by atoms with Crippen LogP contribution in [0.5, 0.6) is 11.5 Å². The Balaban J connectivity index is 0.000000195. The predicted octanol–water partition coefficient (Wildman–Crippen LogP) is 15.6. The van der Waals surface area contributed by atoms with E-state index in [1.54, 1.807) is 22.9 Å². The molecule has 3 unspecified atom stereocenters. The zero-order valence-corrected chi connectivity index (χ0v) is 76.9. The molecule has 131 heavy (non-hydrogen) atoms. The predicted molar refractivity (Wildman–Crippen MR) is 490 cm³/mol. The molecule has 35 nitrogen and oxygen atoms in total. The van der Waals surface area contributed by atoms with Crippen molar-refractivity contribution >= 4 is 97.8 Å². The lowest BCUT2D eigenvalue weighted by Crippen LogP contribution is -2.54. The van der Waals surface area contributed by atoms with Crippen molar-refractivity contribution in [3.63, 3.8) is 0 Å². The second kappa shape index (κ2) is 39.7. The highest BCUT2D eigenvalue weighted by molar-refractivity contribution is 6.08. The largest absolute Gasteiger partial charge is 0.488 e. The van der Waals surface area contributed by atoms with E-state index in [4.69, 9.17) is 62.9 Å². The average molecular weight is 1800 g/mol. The number of carboxylic acids is 1. The first-order valence-electron chi connectivity index (χ1n) is 44.2. The van der Waals surface area contributed by atoms with Crippen molar-refractivity contribution in [3.05, 3.63) is 132 Å². The maximum Gasteiger partial charge on any atom is 0.410 e. The molecule has 4 aromatic heterocycles. The molecule has 9 N–H and O–H groups in total. The van der Waals surface area contributed by atoms with E-state index in [0.29, 0.717) is 50.3 Å². The molecule has 8 amide bonds. The molecule has 0 spiro atoms. The Morgan fingerprint density at radius 2 is 0.863 bits per heavy atom. The standard InChI is InChI=1S/C45H54N8O8.C43H51N7O6.C7H13NO5.CH4/c1-22(2)37(50-44(56)59-7)43(55)53-24(4)9-14-34(53)41-47-32-13-11-26-17-31-29-12-10-27(16-28(29)21-61-36(31)18-30(26)39(32)49-41)33-19-46-40(48-33)35-15-23(3)20-52(35)42(54)38(25(5)58-6)51-45(57)60-8;1-22(2)36(48-41(52)54-8)40(51)50-24(4)9-14-33(50)39-45-31-13-11-25-17-30-28-12-10-26(16-27(28)21-55-35(30)18-29(25)37(31)47-39)32-19-44-38(46-32)34-15-23(3)20-49(34)42(53)56-43(5,6)7;1-4(12-2)5(6(9)10)8-7(11)13-3;/h10-13,16-19,22-25,34-35,37-38H,9,14-15,20-21H2,1-8H3,(H,46,48)(H,47,49)(H,50,56)(H,51,57);10-13,16-19,22-24,33-34,36H,9,14-15,20-21H2,1-8H3,(H,44,46)(H,45,47)(H,48,52);4-5H,1-3H3,(H,8,11)(H,9,10);1H4/t23-,24-,25+,34-,35?,37-,38-;23-,24-,33-,34?,36-;4?,5-;/m000./s1. The summed E-state index contributed by atoms with van der Waals surface area (Å²) in [5.41, 5.74) is 12.7. The minimum absolute atomic E-state index is 0. The number of carbonyl (C=O) groups excluding carboxylic acids is 8. The number of rotatable bonds is 20. The van der Waals surface area contributed by atoms with Gasteiger partial charge in [-0.15, -0.1) is 0 Å². The molecule has 35 heteroatoms.